The lowest BCUT2D eigenvalue weighted by Crippen LogP contribution is -2.32. The van der Waals surface area contributed by atoms with Crippen molar-refractivity contribution in [2.24, 2.45) is 5.73 Å². The molecule has 0 saturated heterocycles. The third-order valence-corrected chi connectivity index (χ3v) is 4.60. The maximum atomic E-state index is 5.68. The van der Waals surface area contributed by atoms with Crippen molar-refractivity contribution in [2.45, 2.75) is 109 Å². The normalized spacial score (nSPS) is 12.7. The summed E-state index contributed by atoms with van der Waals surface area (Å²) in [5, 5.41) is 3.27. The lowest BCUT2D eigenvalue weighted by atomic mass is 10.0. The first-order chi connectivity index (χ1) is 10.3. The van der Waals surface area contributed by atoms with Crippen LogP contribution in [0, 0.1) is 0 Å². The van der Waals surface area contributed by atoms with E-state index in [0.717, 1.165) is 6.54 Å². The van der Waals surface area contributed by atoms with Gasteiger partial charge in [0, 0.05) is 12.6 Å². The summed E-state index contributed by atoms with van der Waals surface area (Å²) in [5.41, 5.74) is 5.68. The van der Waals surface area contributed by atoms with Gasteiger partial charge in [-0.25, -0.2) is 0 Å². The Hall–Kier alpha value is -0.0800. The number of unbranched alkanes of at least 4 members (excludes halogenated alkanes) is 13. The first-order valence-electron chi connectivity index (χ1n) is 9.72. The highest BCUT2D eigenvalue weighted by Gasteiger charge is 2.01. The van der Waals surface area contributed by atoms with E-state index in [1.54, 1.807) is 0 Å². The number of hydrogen-bond acceptors (Lipinski definition) is 2. The zero-order valence-corrected chi connectivity index (χ0v) is 15.0. The van der Waals surface area contributed by atoms with Gasteiger partial charge in [-0.15, -0.1) is 0 Å². The Kier molecular flexibility index (Phi) is 17.9. The summed E-state index contributed by atoms with van der Waals surface area (Å²) >= 11 is 0. The minimum absolute atomic E-state index is 0.530. The number of likely N-dealkylation sites (N-methyl/N-ethyl adjacent to an activating group) is 1. The van der Waals surface area contributed by atoms with Crippen molar-refractivity contribution in [3.8, 4) is 0 Å². The lowest BCUT2D eigenvalue weighted by Gasteiger charge is -2.12. The van der Waals surface area contributed by atoms with E-state index in [1.807, 2.05) is 7.05 Å². The lowest BCUT2D eigenvalue weighted by molar-refractivity contribution is 0.483. The average molecular weight is 299 g/mol. The van der Waals surface area contributed by atoms with Crippen molar-refractivity contribution in [2.75, 3.05) is 13.6 Å². The molecular weight excluding hydrogens is 256 g/mol. The van der Waals surface area contributed by atoms with Gasteiger partial charge in [0.15, 0.2) is 0 Å². The minimum Gasteiger partial charge on any atom is -0.329 e. The summed E-state index contributed by atoms with van der Waals surface area (Å²) in [6, 6.07) is 0.530. The van der Waals surface area contributed by atoms with Gasteiger partial charge in [0.2, 0.25) is 0 Å². The van der Waals surface area contributed by atoms with Crippen LogP contribution < -0.4 is 11.1 Å². The minimum atomic E-state index is 0.530. The summed E-state index contributed by atoms with van der Waals surface area (Å²) in [6.07, 6.45) is 21.3. The smallest absolute Gasteiger partial charge is 0.0187 e. The van der Waals surface area contributed by atoms with E-state index >= 15 is 0 Å². The number of rotatable bonds is 17. The van der Waals surface area contributed by atoms with Crippen LogP contribution in [-0.4, -0.2) is 19.6 Å². The van der Waals surface area contributed by atoms with E-state index < -0.39 is 0 Å². The van der Waals surface area contributed by atoms with E-state index in [2.05, 4.69) is 12.2 Å². The molecule has 0 aromatic rings. The van der Waals surface area contributed by atoms with Crippen molar-refractivity contribution in [3.63, 3.8) is 0 Å². The molecule has 0 bridgehead atoms. The van der Waals surface area contributed by atoms with Crippen LogP contribution in [0.25, 0.3) is 0 Å². The second kappa shape index (κ2) is 18.0. The summed E-state index contributed by atoms with van der Waals surface area (Å²) in [7, 11) is 2.02. The van der Waals surface area contributed by atoms with Crippen LogP contribution in [0.3, 0.4) is 0 Å². The molecule has 0 radical (unpaired) electrons. The Morgan fingerprint density at radius 1 is 0.667 bits per heavy atom. The zero-order chi connectivity index (χ0) is 15.6. The van der Waals surface area contributed by atoms with E-state index in [-0.39, 0.29) is 0 Å². The third-order valence-electron chi connectivity index (χ3n) is 4.60. The highest BCUT2D eigenvalue weighted by atomic mass is 14.9. The molecule has 2 heteroatoms. The molecule has 0 aliphatic rings. The quantitative estimate of drug-likeness (QED) is 0.353. The summed E-state index contributed by atoms with van der Waals surface area (Å²) in [6.45, 7) is 3.06. The molecule has 1 atom stereocenters. The Balaban J connectivity index is 3.02. The van der Waals surface area contributed by atoms with Gasteiger partial charge in [-0.05, 0) is 13.5 Å². The number of nitrogens with one attached hydrogen (secondary N) is 1. The molecule has 0 aromatic heterocycles. The van der Waals surface area contributed by atoms with Crippen LogP contribution in [0.2, 0.25) is 0 Å². The largest absolute Gasteiger partial charge is 0.329 e. The van der Waals surface area contributed by atoms with Crippen LogP contribution in [0.1, 0.15) is 103 Å². The van der Waals surface area contributed by atoms with Crippen molar-refractivity contribution >= 4 is 0 Å². The average Bonchev–Trinajstić information content (AvgIpc) is 2.51. The molecule has 0 fully saturated rings. The molecule has 0 spiro atoms. The zero-order valence-electron chi connectivity index (χ0n) is 15.0. The molecule has 128 valence electrons. The van der Waals surface area contributed by atoms with Gasteiger partial charge in [-0.2, -0.15) is 0 Å². The van der Waals surface area contributed by atoms with E-state index in [4.69, 9.17) is 5.73 Å². The van der Waals surface area contributed by atoms with Gasteiger partial charge in [0.1, 0.15) is 0 Å². The molecule has 0 saturated carbocycles. The Morgan fingerprint density at radius 3 is 1.38 bits per heavy atom. The molecule has 3 N–H and O–H groups in total. The van der Waals surface area contributed by atoms with Crippen LogP contribution in [0.4, 0.5) is 0 Å². The van der Waals surface area contributed by atoms with E-state index in [0.29, 0.717) is 6.04 Å². The van der Waals surface area contributed by atoms with E-state index in [1.165, 1.54) is 96.3 Å². The second-order valence-corrected chi connectivity index (χ2v) is 6.61. The Bertz CT molecular complexity index is 178. The van der Waals surface area contributed by atoms with Gasteiger partial charge in [-0.3, -0.25) is 0 Å². The molecule has 0 rings (SSSR count). The van der Waals surface area contributed by atoms with Gasteiger partial charge < -0.3 is 11.1 Å². The van der Waals surface area contributed by atoms with Crippen molar-refractivity contribution in [1.82, 2.24) is 5.32 Å². The van der Waals surface area contributed by atoms with Crippen LogP contribution in [-0.2, 0) is 0 Å². The molecule has 0 heterocycles. The summed E-state index contributed by atoms with van der Waals surface area (Å²) < 4.78 is 0. The third kappa shape index (κ3) is 16.1. The predicted molar refractivity (Wildman–Crippen MR) is 96.8 cm³/mol. The number of hydrogen-bond donors (Lipinski definition) is 2. The Morgan fingerprint density at radius 2 is 1.05 bits per heavy atom. The standard InChI is InChI=1S/C19H42N2/c1-3-4-5-6-7-8-9-10-11-12-13-14-15-16-17-19(18-20)21-2/h19,21H,3-18,20H2,1-2H3. The maximum absolute atomic E-state index is 5.68. The van der Waals surface area contributed by atoms with Gasteiger partial charge in [-0.1, -0.05) is 96.8 Å². The number of nitrogens with two attached hydrogens (primary N) is 1. The van der Waals surface area contributed by atoms with E-state index in [9.17, 15) is 0 Å². The van der Waals surface area contributed by atoms with Crippen molar-refractivity contribution < 1.29 is 0 Å². The molecule has 1 unspecified atom stereocenters. The molecule has 0 amide bonds. The predicted octanol–water partition coefficient (Wildman–Crippen LogP) is 5.40. The van der Waals surface area contributed by atoms with Crippen LogP contribution >= 0.6 is 0 Å². The fourth-order valence-electron chi connectivity index (χ4n) is 2.97. The topological polar surface area (TPSA) is 38.0 Å². The van der Waals surface area contributed by atoms with Crippen LogP contribution in [0.15, 0.2) is 0 Å². The van der Waals surface area contributed by atoms with Gasteiger partial charge in [0.05, 0.1) is 0 Å². The fraction of sp³-hybridized carbons (Fsp3) is 1.00. The SMILES string of the molecule is CCCCCCCCCCCCCCCCC(CN)NC. The van der Waals surface area contributed by atoms with Crippen molar-refractivity contribution in [3.05, 3.63) is 0 Å². The maximum Gasteiger partial charge on any atom is 0.0187 e. The first kappa shape index (κ1) is 20.9. The summed E-state index contributed by atoms with van der Waals surface area (Å²) in [5.74, 6) is 0. The van der Waals surface area contributed by atoms with Crippen molar-refractivity contribution in [1.29, 1.82) is 0 Å². The second-order valence-electron chi connectivity index (χ2n) is 6.61. The van der Waals surface area contributed by atoms with Crippen LogP contribution in [0.5, 0.6) is 0 Å². The molecular formula is C19H42N2. The highest BCUT2D eigenvalue weighted by Crippen LogP contribution is 2.13. The monoisotopic (exact) mass is 298 g/mol. The Labute approximate surface area is 134 Å². The molecule has 0 aliphatic heterocycles. The van der Waals surface area contributed by atoms with Gasteiger partial charge >= 0.3 is 0 Å². The van der Waals surface area contributed by atoms with Gasteiger partial charge in [0.25, 0.3) is 0 Å². The highest BCUT2D eigenvalue weighted by molar-refractivity contribution is 4.64. The first-order valence-corrected chi connectivity index (χ1v) is 9.72. The molecule has 2 nitrogen and oxygen atoms in total. The molecule has 0 aromatic carbocycles. The molecule has 0 aliphatic carbocycles. The fourth-order valence-corrected chi connectivity index (χ4v) is 2.97. The molecule has 21 heavy (non-hydrogen) atoms. The summed E-state index contributed by atoms with van der Waals surface area (Å²) in [4.78, 5) is 0.